The van der Waals surface area contributed by atoms with Crippen LogP contribution in [-0.2, 0) is 11.3 Å². The van der Waals surface area contributed by atoms with Crippen molar-refractivity contribution in [3.63, 3.8) is 0 Å². The first-order valence-corrected chi connectivity index (χ1v) is 6.68. The van der Waals surface area contributed by atoms with E-state index in [1.54, 1.807) is 0 Å². The minimum Gasteiger partial charge on any atom is -0.492 e. The van der Waals surface area contributed by atoms with Gasteiger partial charge in [0.25, 0.3) is 0 Å². The van der Waals surface area contributed by atoms with Gasteiger partial charge in [0.15, 0.2) is 0 Å². The van der Waals surface area contributed by atoms with Crippen molar-refractivity contribution >= 4 is 15.9 Å². The zero-order valence-corrected chi connectivity index (χ0v) is 11.3. The summed E-state index contributed by atoms with van der Waals surface area (Å²) in [6.07, 6.45) is 2.15. The maximum atomic E-state index is 9.01. The van der Waals surface area contributed by atoms with Gasteiger partial charge in [-0.25, -0.2) is 0 Å². The molecule has 1 aromatic rings. The molecule has 1 aliphatic heterocycles. The highest BCUT2D eigenvalue weighted by Gasteiger charge is 2.15. The lowest BCUT2D eigenvalue weighted by atomic mass is 10.0. The Kier molecular flexibility index (Phi) is 4.83. The molecule has 0 spiro atoms. The summed E-state index contributed by atoms with van der Waals surface area (Å²) < 4.78 is 12.0. The van der Waals surface area contributed by atoms with Crippen molar-refractivity contribution in [3.8, 4) is 5.75 Å². The predicted molar refractivity (Wildman–Crippen MR) is 69.1 cm³/mol. The molecule has 1 aromatic carbocycles. The van der Waals surface area contributed by atoms with Gasteiger partial charge in [-0.05, 0) is 52.4 Å². The number of aliphatic hydroxyl groups is 1. The minimum absolute atomic E-state index is 0.0544. The van der Waals surface area contributed by atoms with Gasteiger partial charge in [-0.15, -0.1) is 0 Å². The zero-order chi connectivity index (χ0) is 12.1. The molecule has 0 aliphatic carbocycles. The van der Waals surface area contributed by atoms with Crippen molar-refractivity contribution in [1.82, 2.24) is 0 Å². The van der Waals surface area contributed by atoms with Gasteiger partial charge in [0.2, 0.25) is 0 Å². The number of hydrogen-bond acceptors (Lipinski definition) is 3. The van der Waals surface area contributed by atoms with E-state index in [2.05, 4.69) is 15.9 Å². The smallest absolute Gasteiger partial charge is 0.133 e. The van der Waals surface area contributed by atoms with E-state index in [-0.39, 0.29) is 6.61 Å². The quantitative estimate of drug-likeness (QED) is 0.929. The monoisotopic (exact) mass is 300 g/mol. The van der Waals surface area contributed by atoms with Gasteiger partial charge in [-0.3, -0.25) is 0 Å². The van der Waals surface area contributed by atoms with E-state index in [4.69, 9.17) is 14.6 Å². The second-order valence-electron chi connectivity index (χ2n) is 4.29. The maximum Gasteiger partial charge on any atom is 0.133 e. The van der Waals surface area contributed by atoms with E-state index in [0.717, 1.165) is 48.4 Å². The fraction of sp³-hybridized carbons (Fsp3) is 0.538. The highest BCUT2D eigenvalue weighted by atomic mass is 79.9. The van der Waals surface area contributed by atoms with Crippen LogP contribution in [0.1, 0.15) is 18.4 Å². The van der Waals surface area contributed by atoms with Crippen LogP contribution in [0.15, 0.2) is 22.7 Å². The van der Waals surface area contributed by atoms with Crippen molar-refractivity contribution in [1.29, 1.82) is 0 Å². The van der Waals surface area contributed by atoms with Crippen LogP contribution in [0.5, 0.6) is 5.75 Å². The third kappa shape index (κ3) is 3.69. The van der Waals surface area contributed by atoms with Crippen molar-refractivity contribution in [2.45, 2.75) is 19.4 Å². The Bertz CT molecular complexity index is 362. The first-order valence-electron chi connectivity index (χ1n) is 5.89. The molecule has 1 N–H and O–H groups in total. The number of ether oxygens (including phenoxy) is 2. The number of rotatable bonds is 4. The molecule has 1 fully saturated rings. The molecule has 0 atom stereocenters. The molecule has 0 unspecified atom stereocenters. The molecular weight excluding hydrogens is 284 g/mol. The molecule has 17 heavy (non-hydrogen) atoms. The van der Waals surface area contributed by atoms with Crippen LogP contribution in [-0.4, -0.2) is 24.9 Å². The van der Waals surface area contributed by atoms with Crippen molar-refractivity contribution in [2.75, 3.05) is 19.8 Å². The third-order valence-corrected chi connectivity index (χ3v) is 3.61. The number of benzene rings is 1. The van der Waals surface area contributed by atoms with Crippen LogP contribution in [0.3, 0.4) is 0 Å². The molecule has 0 saturated carbocycles. The third-order valence-electron chi connectivity index (χ3n) is 2.99. The lowest BCUT2D eigenvalue weighted by Gasteiger charge is -2.22. The molecule has 1 heterocycles. The van der Waals surface area contributed by atoms with Crippen LogP contribution in [0.2, 0.25) is 0 Å². The summed E-state index contributed by atoms with van der Waals surface area (Å²) in [5.74, 6) is 1.43. The van der Waals surface area contributed by atoms with Gasteiger partial charge in [0.1, 0.15) is 5.75 Å². The zero-order valence-electron chi connectivity index (χ0n) is 9.69. The van der Waals surface area contributed by atoms with E-state index in [0.29, 0.717) is 5.92 Å². The summed E-state index contributed by atoms with van der Waals surface area (Å²) in [6.45, 7) is 2.48. The summed E-state index contributed by atoms with van der Waals surface area (Å²) in [7, 11) is 0. The Morgan fingerprint density at radius 3 is 2.76 bits per heavy atom. The Labute approximate surface area is 110 Å². The van der Waals surface area contributed by atoms with Crippen LogP contribution in [0, 0.1) is 5.92 Å². The van der Waals surface area contributed by atoms with Crippen molar-refractivity contribution in [2.24, 2.45) is 5.92 Å². The predicted octanol–water partition coefficient (Wildman–Crippen LogP) is 2.75. The summed E-state index contributed by atoms with van der Waals surface area (Å²) in [4.78, 5) is 0. The molecule has 0 bridgehead atoms. The lowest BCUT2D eigenvalue weighted by molar-refractivity contribution is 0.0496. The molecule has 0 radical (unpaired) electrons. The Balaban J connectivity index is 1.89. The van der Waals surface area contributed by atoms with Gasteiger partial charge in [-0.1, -0.05) is 6.07 Å². The largest absolute Gasteiger partial charge is 0.492 e. The molecule has 1 aliphatic rings. The topological polar surface area (TPSA) is 38.7 Å². The molecule has 94 valence electrons. The van der Waals surface area contributed by atoms with E-state index in [1.165, 1.54) is 0 Å². The second kappa shape index (κ2) is 6.38. The highest BCUT2D eigenvalue weighted by Crippen LogP contribution is 2.27. The average molecular weight is 301 g/mol. The second-order valence-corrected chi connectivity index (χ2v) is 5.14. The Morgan fingerprint density at radius 1 is 1.35 bits per heavy atom. The molecule has 0 aromatic heterocycles. The number of hydrogen-bond donors (Lipinski definition) is 1. The van der Waals surface area contributed by atoms with Crippen molar-refractivity contribution in [3.05, 3.63) is 28.2 Å². The molecular formula is C13H17BrO3. The van der Waals surface area contributed by atoms with Crippen LogP contribution < -0.4 is 4.74 Å². The van der Waals surface area contributed by atoms with Gasteiger partial charge in [-0.2, -0.15) is 0 Å². The normalized spacial score (nSPS) is 17.1. The van der Waals surface area contributed by atoms with E-state index in [1.807, 2.05) is 18.2 Å². The summed E-state index contributed by atoms with van der Waals surface area (Å²) >= 11 is 3.45. The SMILES string of the molecule is OCc1ccc(OCC2CCOCC2)c(Br)c1. The van der Waals surface area contributed by atoms with Crippen LogP contribution >= 0.6 is 15.9 Å². The van der Waals surface area contributed by atoms with Gasteiger partial charge < -0.3 is 14.6 Å². The van der Waals surface area contributed by atoms with E-state index in [9.17, 15) is 0 Å². The summed E-state index contributed by atoms with van der Waals surface area (Å²) in [5, 5.41) is 9.01. The lowest BCUT2D eigenvalue weighted by Crippen LogP contribution is -2.21. The average Bonchev–Trinajstić information content (AvgIpc) is 2.38. The first-order chi connectivity index (χ1) is 8.29. The fourth-order valence-electron chi connectivity index (χ4n) is 1.88. The molecule has 3 nitrogen and oxygen atoms in total. The molecule has 4 heteroatoms. The number of aliphatic hydroxyl groups excluding tert-OH is 1. The molecule has 2 rings (SSSR count). The van der Waals surface area contributed by atoms with Gasteiger partial charge >= 0.3 is 0 Å². The number of halogens is 1. The standard InChI is InChI=1S/C13H17BrO3/c14-12-7-11(8-15)1-2-13(12)17-9-10-3-5-16-6-4-10/h1-2,7,10,15H,3-6,8-9H2. The fourth-order valence-corrected chi connectivity index (χ4v) is 2.42. The van der Waals surface area contributed by atoms with E-state index >= 15 is 0 Å². The highest BCUT2D eigenvalue weighted by molar-refractivity contribution is 9.10. The Hall–Kier alpha value is -0.580. The van der Waals surface area contributed by atoms with Crippen LogP contribution in [0.4, 0.5) is 0 Å². The first kappa shape index (κ1) is 12.9. The Morgan fingerprint density at radius 2 is 2.12 bits per heavy atom. The van der Waals surface area contributed by atoms with Gasteiger partial charge in [0.05, 0.1) is 17.7 Å². The molecule has 0 amide bonds. The molecule has 1 saturated heterocycles. The van der Waals surface area contributed by atoms with E-state index < -0.39 is 0 Å². The van der Waals surface area contributed by atoms with Gasteiger partial charge in [0, 0.05) is 13.2 Å². The minimum atomic E-state index is 0.0544. The summed E-state index contributed by atoms with van der Waals surface area (Å²) in [5.41, 5.74) is 0.885. The van der Waals surface area contributed by atoms with Crippen molar-refractivity contribution < 1.29 is 14.6 Å². The van der Waals surface area contributed by atoms with Crippen LogP contribution in [0.25, 0.3) is 0 Å². The maximum absolute atomic E-state index is 9.01. The summed E-state index contributed by atoms with van der Waals surface area (Å²) in [6, 6.07) is 5.67.